The predicted molar refractivity (Wildman–Crippen MR) is 57.2 cm³/mol. The van der Waals surface area contributed by atoms with Gasteiger partial charge in [0, 0.05) is 9.13 Å². The van der Waals surface area contributed by atoms with Crippen LogP contribution in [0.3, 0.4) is 0 Å². The second-order valence-electron chi connectivity index (χ2n) is 2.19. The van der Waals surface area contributed by atoms with Crippen LogP contribution < -0.4 is 0 Å². The molecule has 0 aliphatic carbocycles. The molecule has 0 spiro atoms. The number of hydrogen-bond acceptors (Lipinski definition) is 1. The largest absolute Gasteiger partial charge is 0.293 e. The third-order valence-electron chi connectivity index (χ3n) is 1.36. The molecule has 0 radical (unpaired) electrons. The molecule has 1 aromatic carbocycles. The van der Waals surface area contributed by atoms with Crippen LogP contribution in [0.1, 0.15) is 10.4 Å². The van der Waals surface area contributed by atoms with Crippen LogP contribution in [0, 0.1) is 9.39 Å². The van der Waals surface area contributed by atoms with E-state index in [1.54, 1.807) is 12.1 Å². The Morgan fingerprint density at radius 3 is 2.75 bits per heavy atom. The predicted octanol–water partition coefficient (Wildman–Crippen LogP) is 3.01. The molecule has 1 nitrogen and oxygen atoms in total. The van der Waals surface area contributed by atoms with E-state index >= 15 is 0 Å². The SMILES string of the molecule is O=C(CBr)c1ccc(I)c(F)c1. The molecule has 4 heteroatoms. The van der Waals surface area contributed by atoms with E-state index in [9.17, 15) is 9.18 Å². The molecule has 0 N–H and O–H groups in total. The lowest BCUT2D eigenvalue weighted by atomic mass is 10.1. The summed E-state index contributed by atoms with van der Waals surface area (Å²) < 4.78 is 13.4. The summed E-state index contributed by atoms with van der Waals surface area (Å²) in [6.45, 7) is 0. The standard InChI is InChI=1S/C8H5BrFIO/c9-4-8(12)5-1-2-7(11)6(10)3-5/h1-3H,4H2. The van der Waals surface area contributed by atoms with E-state index < -0.39 is 0 Å². The van der Waals surface area contributed by atoms with Crippen LogP contribution in [0.2, 0.25) is 0 Å². The van der Waals surface area contributed by atoms with Crippen LogP contribution >= 0.6 is 38.5 Å². The summed E-state index contributed by atoms with van der Waals surface area (Å²) in [4.78, 5) is 11.1. The number of Topliss-reactive ketones (excluding diaryl/α,β-unsaturated/α-hetero) is 1. The normalized spacial score (nSPS) is 9.92. The van der Waals surface area contributed by atoms with Gasteiger partial charge in [-0.15, -0.1) is 0 Å². The van der Waals surface area contributed by atoms with Crippen LogP contribution in [-0.4, -0.2) is 11.1 Å². The van der Waals surface area contributed by atoms with Gasteiger partial charge < -0.3 is 0 Å². The lowest BCUT2D eigenvalue weighted by Crippen LogP contribution is -2.00. The van der Waals surface area contributed by atoms with Crippen LogP contribution in [0.25, 0.3) is 0 Å². The fourth-order valence-corrected chi connectivity index (χ4v) is 1.41. The van der Waals surface area contributed by atoms with Gasteiger partial charge in [0.05, 0.1) is 5.33 Å². The number of rotatable bonds is 2. The zero-order valence-electron chi connectivity index (χ0n) is 5.98. The number of benzene rings is 1. The van der Waals surface area contributed by atoms with Crippen molar-refractivity contribution >= 4 is 44.3 Å². The maximum absolute atomic E-state index is 12.9. The van der Waals surface area contributed by atoms with Gasteiger partial charge in [-0.25, -0.2) is 4.39 Å². The first-order chi connectivity index (χ1) is 5.65. The molecular formula is C8H5BrFIO. The molecule has 1 rings (SSSR count). The Hall–Kier alpha value is 0.0300. The van der Waals surface area contributed by atoms with Gasteiger partial charge in [0.2, 0.25) is 0 Å². The van der Waals surface area contributed by atoms with Crippen molar-refractivity contribution in [3.63, 3.8) is 0 Å². The van der Waals surface area contributed by atoms with Crippen molar-refractivity contribution in [2.24, 2.45) is 0 Å². The number of halogens is 3. The monoisotopic (exact) mass is 342 g/mol. The molecule has 12 heavy (non-hydrogen) atoms. The summed E-state index contributed by atoms with van der Waals surface area (Å²) in [5.74, 6) is -0.451. The van der Waals surface area contributed by atoms with E-state index in [1.807, 2.05) is 22.6 Å². The molecule has 1 aromatic rings. The Kier molecular flexibility index (Phi) is 3.64. The molecule has 0 atom stereocenters. The Bertz CT molecular complexity index is 314. The summed E-state index contributed by atoms with van der Waals surface area (Å²) in [7, 11) is 0. The zero-order valence-corrected chi connectivity index (χ0v) is 9.72. The Morgan fingerprint density at radius 2 is 2.25 bits per heavy atom. The van der Waals surface area contributed by atoms with Crippen molar-refractivity contribution < 1.29 is 9.18 Å². The maximum atomic E-state index is 12.9. The zero-order chi connectivity index (χ0) is 9.14. The summed E-state index contributed by atoms with van der Waals surface area (Å²) in [5.41, 5.74) is 0.407. The highest BCUT2D eigenvalue weighted by Crippen LogP contribution is 2.13. The Morgan fingerprint density at radius 1 is 1.58 bits per heavy atom. The first kappa shape index (κ1) is 10.1. The first-order valence-electron chi connectivity index (χ1n) is 3.19. The van der Waals surface area contributed by atoms with Gasteiger partial charge in [-0.3, -0.25) is 4.79 Å². The third kappa shape index (κ3) is 2.26. The molecule has 0 aliphatic rings. The average molecular weight is 343 g/mol. The van der Waals surface area contributed by atoms with Gasteiger partial charge >= 0.3 is 0 Å². The quantitative estimate of drug-likeness (QED) is 0.459. The second kappa shape index (κ2) is 4.32. The Labute approximate surface area is 91.6 Å². The highest BCUT2D eigenvalue weighted by molar-refractivity contribution is 14.1. The Balaban J connectivity index is 3.05. The first-order valence-corrected chi connectivity index (χ1v) is 5.39. The number of hydrogen-bond donors (Lipinski definition) is 0. The van der Waals surface area contributed by atoms with Gasteiger partial charge in [-0.1, -0.05) is 22.0 Å². The average Bonchev–Trinajstić information content (AvgIpc) is 2.08. The third-order valence-corrected chi connectivity index (χ3v) is 2.75. The topological polar surface area (TPSA) is 17.1 Å². The van der Waals surface area contributed by atoms with E-state index in [4.69, 9.17) is 0 Å². The summed E-state index contributed by atoms with van der Waals surface area (Å²) >= 11 is 4.90. The molecule has 0 bridgehead atoms. The van der Waals surface area contributed by atoms with Crippen molar-refractivity contribution in [2.75, 3.05) is 5.33 Å². The fraction of sp³-hybridized carbons (Fsp3) is 0.125. The number of alkyl halides is 1. The molecule has 0 fully saturated rings. The molecular weight excluding hydrogens is 338 g/mol. The summed E-state index contributed by atoms with van der Waals surface area (Å²) in [5, 5.41) is 0.229. The molecule has 0 saturated carbocycles. The summed E-state index contributed by atoms with van der Waals surface area (Å²) in [6, 6.07) is 4.46. The van der Waals surface area contributed by atoms with E-state index in [1.165, 1.54) is 6.07 Å². The minimum Gasteiger partial charge on any atom is -0.293 e. The van der Waals surface area contributed by atoms with Crippen LogP contribution in [0.5, 0.6) is 0 Å². The highest BCUT2D eigenvalue weighted by Gasteiger charge is 2.06. The summed E-state index contributed by atoms with van der Waals surface area (Å²) in [6.07, 6.45) is 0. The van der Waals surface area contributed by atoms with Gasteiger partial charge in [-0.05, 0) is 34.7 Å². The second-order valence-corrected chi connectivity index (χ2v) is 3.91. The minimum absolute atomic E-state index is 0.106. The molecule has 0 aromatic heterocycles. The van der Waals surface area contributed by atoms with E-state index in [0.717, 1.165) is 0 Å². The molecule has 0 heterocycles. The lowest BCUT2D eigenvalue weighted by Gasteiger charge is -1.98. The van der Waals surface area contributed by atoms with Crippen LogP contribution in [-0.2, 0) is 0 Å². The lowest BCUT2D eigenvalue weighted by molar-refractivity contribution is 0.102. The highest BCUT2D eigenvalue weighted by atomic mass is 127. The van der Waals surface area contributed by atoms with E-state index in [-0.39, 0.29) is 16.9 Å². The minimum atomic E-state index is -0.345. The van der Waals surface area contributed by atoms with Crippen LogP contribution in [0.4, 0.5) is 4.39 Å². The molecule has 0 saturated heterocycles. The number of carbonyl (C=O) groups is 1. The van der Waals surface area contributed by atoms with Gasteiger partial charge in [0.1, 0.15) is 5.82 Å². The van der Waals surface area contributed by atoms with Crippen molar-refractivity contribution in [2.45, 2.75) is 0 Å². The number of ketones is 1. The van der Waals surface area contributed by atoms with Crippen molar-refractivity contribution in [1.29, 1.82) is 0 Å². The van der Waals surface area contributed by atoms with Gasteiger partial charge in [0.25, 0.3) is 0 Å². The molecule has 64 valence electrons. The molecule has 0 amide bonds. The molecule has 0 aliphatic heterocycles. The van der Waals surface area contributed by atoms with Crippen molar-refractivity contribution in [1.82, 2.24) is 0 Å². The van der Waals surface area contributed by atoms with Crippen LogP contribution in [0.15, 0.2) is 18.2 Å². The van der Waals surface area contributed by atoms with E-state index in [2.05, 4.69) is 15.9 Å². The fourth-order valence-electron chi connectivity index (χ4n) is 0.747. The van der Waals surface area contributed by atoms with Gasteiger partial charge in [0.15, 0.2) is 5.78 Å². The molecule has 0 unspecified atom stereocenters. The maximum Gasteiger partial charge on any atom is 0.173 e. The number of carbonyl (C=O) groups excluding carboxylic acids is 1. The van der Waals surface area contributed by atoms with Gasteiger partial charge in [-0.2, -0.15) is 0 Å². The smallest absolute Gasteiger partial charge is 0.173 e. The van der Waals surface area contributed by atoms with E-state index in [0.29, 0.717) is 9.13 Å². The van der Waals surface area contributed by atoms with Crippen molar-refractivity contribution in [3.8, 4) is 0 Å². The van der Waals surface area contributed by atoms with Crippen molar-refractivity contribution in [3.05, 3.63) is 33.1 Å².